The van der Waals surface area contributed by atoms with Crippen LogP contribution in [0, 0.1) is 0 Å². The largest absolute Gasteiger partial charge is 0.399 e. The Kier molecular flexibility index (Phi) is 3.35. The average molecular weight is 162 g/mol. The molecule has 3 N–H and O–H groups in total. The highest BCUT2D eigenvalue weighted by atomic mass is 14.8. The fraction of sp³-hybridized carbons (Fsp3) is 0.200. The van der Waals surface area contributed by atoms with Gasteiger partial charge in [0.1, 0.15) is 0 Å². The summed E-state index contributed by atoms with van der Waals surface area (Å²) in [6.45, 7) is 0.884. The highest BCUT2D eigenvalue weighted by Crippen LogP contribution is 2.07. The molecule has 0 aromatic heterocycles. The van der Waals surface area contributed by atoms with Crippen LogP contribution in [0.1, 0.15) is 5.56 Å². The summed E-state index contributed by atoms with van der Waals surface area (Å²) >= 11 is 0. The molecule has 0 amide bonds. The van der Waals surface area contributed by atoms with Crippen LogP contribution in [0.25, 0.3) is 6.08 Å². The molecule has 1 aromatic rings. The van der Waals surface area contributed by atoms with Crippen molar-refractivity contribution in [1.29, 1.82) is 0 Å². The number of hydrogen-bond acceptors (Lipinski definition) is 2. The summed E-state index contributed by atoms with van der Waals surface area (Å²) in [4.78, 5) is 0. The van der Waals surface area contributed by atoms with Crippen molar-refractivity contribution in [3.8, 4) is 0 Å². The van der Waals surface area contributed by atoms with Crippen molar-refractivity contribution in [2.45, 2.75) is 0 Å². The van der Waals surface area contributed by atoms with E-state index in [0.29, 0.717) is 0 Å². The maximum Gasteiger partial charge on any atom is 0.0319 e. The Labute approximate surface area is 73.1 Å². The zero-order valence-corrected chi connectivity index (χ0v) is 7.25. The molecule has 0 aliphatic heterocycles. The molecule has 0 saturated heterocycles. The first-order valence-electron chi connectivity index (χ1n) is 3.99. The van der Waals surface area contributed by atoms with Crippen LogP contribution in [0.15, 0.2) is 30.3 Å². The number of hydrogen-bond donors (Lipinski definition) is 2. The van der Waals surface area contributed by atoms with Crippen LogP contribution < -0.4 is 11.1 Å². The van der Waals surface area contributed by atoms with Crippen LogP contribution in [0.5, 0.6) is 0 Å². The third kappa shape index (κ3) is 2.76. The predicted octanol–water partition coefficient (Wildman–Crippen LogP) is 1.50. The summed E-state index contributed by atoms with van der Waals surface area (Å²) in [7, 11) is 1.92. The fourth-order valence-electron chi connectivity index (χ4n) is 0.976. The first kappa shape index (κ1) is 8.81. The third-order valence-corrected chi connectivity index (χ3v) is 1.54. The Balaban J connectivity index is 2.63. The molecular formula is C10H14N2. The smallest absolute Gasteiger partial charge is 0.0319 e. The molecule has 0 heterocycles. The van der Waals surface area contributed by atoms with Crippen LogP contribution in [0.2, 0.25) is 0 Å². The lowest BCUT2D eigenvalue weighted by molar-refractivity contribution is 0.922. The van der Waals surface area contributed by atoms with Crippen LogP contribution in [-0.2, 0) is 0 Å². The van der Waals surface area contributed by atoms with Gasteiger partial charge in [-0.2, -0.15) is 0 Å². The van der Waals surface area contributed by atoms with Gasteiger partial charge in [-0.15, -0.1) is 0 Å². The topological polar surface area (TPSA) is 38.0 Å². The van der Waals surface area contributed by atoms with Gasteiger partial charge in [0.15, 0.2) is 0 Å². The lowest BCUT2D eigenvalue weighted by Gasteiger charge is -1.95. The molecule has 2 nitrogen and oxygen atoms in total. The van der Waals surface area contributed by atoms with Gasteiger partial charge in [0.05, 0.1) is 0 Å². The molecule has 0 fully saturated rings. The second kappa shape index (κ2) is 4.57. The summed E-state index contributed by atoms with van der Waals surface area (Å²) < 4.78 is 0. The summed E-state index contributed by atoms with van der Waals surface area (Å²) in [5.74, 6) is 0. The molecule has 64 valence electrons. The van der Waals surface area contributed by atoms with E-state index in [1.807, 2.05) is 37.4 Å². The molecule has 0 bridgehead atoms. The predicted molar refractivity (Wildman–Crippen MR) is 53.8 cm³/mol. The van der Waals surface area contributed by atoms with Gasteiger partial charge in [0.2, 0.25) is 0 Å². The zero-order chi connectivity index (χ0) is 8.81. The summed E-state index contributed by atoms with van der Waals surface area (Å²) in [5.41, 5.74) is 7.56. The van der Waals surface area contributed by atoms with Crippen LogP contribution in [0.3, 0.4) is 0 Å². The number of nitrogens with one attached hydrogen (secondary N) is 1. The van der Waals surface area contributed by atoms with E-state index in [2.05, 4.69) is 11.4 Å². The van der Waals surface area contributed by atoms with Crippen molar-refractivity contribution < 1.29 is 0 Å². The maximum atomic E-state index is 5.61. The van der Waals surface area contributed by atoms with E-state index in [9.17, 15) is 0 Å². The summed E-state index contributed by atoms with van der Waals surface area (Å²) in [6, 6.07) is 7.82. The first-order chi connectivity index (χ1) is 5.83. The average Bonchev–Trinajstić information content (AvgIpc) is 2.05. The van der Waals surface area contributed by atoms with Crippen LogP contribution in [-0.4, -0.2) is 13.6 Å². The number of nitrogen functional groups attached to an aromatic ring is 1. The third-order valence-electron chi connectivity index (χ3n) is 1.54. The van der Waals surface area contributed by atoms with E-state index >= 15 is 0 Å². The van der Waals surface area contributed by atoms with Gasteiger partial charge in [0.25, 0.3) is 0 Å². The standard InChI is InChI=1S/C10H14N2/c1-12-7-3-5-9-4-2-6-10(11)8-9/h2-6,8,12H,7,11H2,1H3. The van der Waals surface area contributed by atoms with Crippen molar-refractivity contribution in [3.05, 3.63) is 35.9 Å². The Morgan fingerprint density at radius 1 is 1.50 bits per heavy atom. The lowest BCUT2D eigenvalue weighted by Crippen LogP contribution is -2.03. The SMILES string of the molecule is CNCC=Cc1cccc(N)c1. The molecule has 2 heteroatoms. The molecule has 0 spiro atoms. The summed E-state index contributed by atoms with van der Waals surface area (Å²) in [6.07, 6.45) is 4.11. The number of anilines is 1. The second-order valence-corrected chi connectivity index (χ2v) is 2.63. The molecule has 12 heavy (non-hydrogen) atoms. The normalized spacial score (nSPS) is 10.8. The number of likely N-dealkylation sites (N-methyl/N-ethyl adjacent to an activating group) is 1. The van der Waals surface area contributed by atoms with Gasteiger partial charge in [-0.25, -0.2) is 0 Å². The minimum absolute atomic E-state index is 0.807. The first-order valence-corrected chi connectivity index (χ1v) is 3.99. The summed E-state index contributed by atoms with van der Waals surface area (Å²) in [5, 5.41) is 3.03. The van der Waals surface area contributed by atoms with Crippen LogP contribution in [0.4, 0.5) is 5.69 Å². The van der Waals surface area contributed by atoms with E-state index in [0.717, 1.165) is 17.8 Å². The Hall–Kier alpha value is -1.28. The van der Waals surface area contributed by atoms with Crippen molar-refractivity contribution in [1.82, 2.24) is 5.32 Å². The molecule has 0 radical (unpaired) electrons. The second-order valence-electron chi connectivity index (χ2n) is 2.63. The monoisotopic (exact) mass is 162 g/mol. The van der Waals surface area contributed by atoms with E-state index < -0.39 is 0 Å². The van der Waals surface area contributed by atoms with Gasteiger partial charge in [-0.1, -0.05) is 24.3 Å². The van der Waals surface area contributed by atoms with Crippen molar-refractivity contribution >= 4 is 11.8 Å². The molecule has 1 aromatic carbocycles. The van der Waals surface area contributed by atoms with Gasteiger partial charge in [0, 0.05) is 12.2 Å². The van der Waals surface area contributed by atoms with Gasteiger partial charge < -0.3 is 11.1 Å². The van der Waals surface area contributed by atoms with E-state index in [1.165, 1.54) is 0 Å². The molecule has 0 unspecified atom stereocenters. The van der Waals surface area contributed by atoms with E-state index in [-0.39, 0.29) is 0 Å². The molecule has 0 atom stereocenters. The highest BCUT2D eigenvalue weighted by Gasteiger charge is 1.85. The zero-order valence-electron chi connectivity index (χ0n) is 7.25. The Bertz CT molecular complexity index is 266. The van der Waals surface area contributed by atoms with Crippen molar-refractivity contribution in [2.75, 3.05) is 19.3 Å². The van der Waals surface area contributed by atoms with Gasteiger partial charge >= 0.3 is 0 Å². The Morgan fingerprint density at radius 2 is 2.33 bits per heavy atom. The fourth-order valence-corrected chi connectivity index (χ4v) is 0.976. The molecule has 0 aliphatic rings. The lowest BCUT2D eigenvalue weighted by atomic mass is 10.2. The molecule has 1 rings (SSSR count). The minimum atomic E-state index is 0.807. The van der Waals surface area contributed by atoms with Gasteiger partial charge in [-0.3, -0.25) is 0 Å². The molecular weight excluding hydrogens is 148 g/mol. The van der Waals surface area contributed by atoms with E-state index in [4.69, 9.17) is 5.73 Å². The number of rotatable bonds is 3. The molecule has 0 aliphatic carbocycles. The highest BCUT2D eigenvalue weighted by molar-refractivity contribution is 5.55. The Morgan fingerprint density at radius 3 is 3.00 bits per heavy atom. The minimum Gasteiger partial charge on any atom is -0.399 e. The van der Waals surface area contributed by atoms with Crippen molar-refractivity contribution in [3.63, 3.8) is 0 Å². The van der Waals surface area contributed by atoms with E-state index in [1.54, 1.807) is 0 Å². The number of benzene rings is 1. The van der Waals surface area contributed by atoms with Gasteiger partial charge in [-0.05, 0) is 24.7 Å². The van der Waals surface area contributed by atoms with Crippen molar-refractivity contribution in [2.24, 2.45) is 0 Å². The maximum absolute atomic E-state index is 5.61. The van der Waals surface area contributed by atoms with Crippen LogP contribution >= 0.6 is 0 Å². The molecule has 0 saturated carbocycles. The number of nitrogens with two attached hydrogens (primary N) is 1. The quantitative estimate of drug-likeness (QED) is 0.661.